The minimum absolute atomic E-state index is 0.0199. The Morgan fingerprint density at radius 1 is 1.26 bits per heavy atom. The zero-order chi connectivity index (χ0) is 13.7. The number of thioether (sulfide) groups is 1. The van der Waals surface area contributed by atoms with Crippen molar-refractivity contribution >= 4 is 11.8 Å². The van der Waals surface area contributed by atoms with Crippen molar-refractivity contribution in [2.24, 2.45) is 5.73 Å². The third-order valence-electron chi connectivity index (χ3n) is 3.65. The number of ether oxygens (including phenoxy) is 2. The van der Waals surface area contributed by atoms with Crippen molar-refractivity contribution in [1.29, 1.82) is 0 Å². The highest BCUT2D eigenvalue weighted by atomic mass is 32.2. The number of rotatable bonds is 6. The fraction of sp³-hybridized carbons (Fsp3) is 0.600. The largest absolute Gasteiger partial charge is 0.497 e. The van der Waals surface area contributed by atoms with Crippen LogP contribution in [0.3, 0.4) is 0 Å². The molecule has 4 heteroatoms. The van der Waals surface area contributed by atoms with Gasteiger partial charge in [-0.3, -0.25) is 0 Å². The third kappa shape index (κ3) is 3.80. The second-order valence-corrected chi connectivity index (χ2v) is 6.29. The maximum atomic E-state index is 6.30. The van der Waals surface area contributed by atoms with E-state index in [4.69, 9.17) is 15.2 Å². The molecule has 1 aromatic carbocycles. The zero-order valence-corrected chi connectivity index (χ0v) is 12.5. The molecule has 0 saturated heterocycles. The minimum atomic E-state index is 0.0199. The fourth-order valence-corrected chi connectivity index (χ4v) is 3.84. The molecule has 1 atom stereocenters. The summed E-state index contributed by atoms with van der Waals surface area (Å²) in [4.78, 5) is 0. The van der Waals surface area contributed by atoms with E-state index in [-0.39, 0.29) is 6.04 Å². The lowest BCUT2D eigenvalue weighted by atomic mass is 10.1. The van der Waals surface area contributed by atoms with Crippen LogP contribution in [-0.2, 0) is 0 Å². The van der Waals surface area contributed by atoms with E-state index in [2.05, 4.69) is 0 Å². The van der Waals surface area contributed by atoms with Gasteiger partial charge < -0.3 is 15.2 Å². The van der Waals surface area contributed by atoms with E-state index in [0.29, 0.717) is 0 Å². The first kappa shape index (κ1) is 14.5. The van der Waals surface area contributed by atoms with Crippen LogP contribution >= 0.6 is 11.8 Å². The summed E-state index contributed by atoms with van der Waals surface area (Å²) >= 11 is 2.00. The van der Waals surface area contributed by atoms with Gasteiger partial charge in [0.15, 0.2) is 0 Å². The van der Waals surface area contributed by atoms with Gasteiger partial charge in [0.25, 0.3) is 0 Å². The molecule has 0 heterocycles. The first-order chi connectivity index (χ1) is 9.24. The smallest absolute Gasteiger partial charge is 0.127 e. The molecule has 3 nitrogen and oxygen atoms in total. The van der Waals surface area contributed by atoms with E-state index in [1.54, 1.807) is 14.2 Å². The summed E-state index contributed by atoms with van der Waals surface area (Å²) < 4.78 is 10.6. The van der Waals surface area contributed by atoms with Gasteiger partial charge in [0.2, 0.25) is 0 Å². The highest BCUT2D eigenvalue weighted by Crippen LogP contribution is 2.34. The van der Waals surface area contributed by atoms with Crippen molar-refractivity contribution in [3.8, 4) is 11.5 Å². The maximum absolute atomic E-state index is 6.30. The SMILES string of the molecule is COc1ccc(C(N)CSC2CCCC2)c(OC)c1. The quantitative estimate of drug-likeness (QED) is 0.868. The van der Waals surface area contributed by atoms with Gasteiger partial charge in [0.1, 0.15) is 11.5 Å². The molecule has 0 aromatic heterocycles. The Balaban J connectivity index is 1.98. The molecule has 1 aliphatic rings. The summed E-state index contributed by atoms with van der Waals surface area (Å²) in [5.41, 5.74) is 7.36. The second-order valence-electron chi connectivity index (χ2n) is 4.95. The maximum Gasteiger partial charge on any atom is 0.127 e. The second kappa shape index (κ2) is 7.06. The molecule has 1 unspecified atom stereocenters. The predicted molar refractivity (Wildman–Crippen MR) is 81.2 cm³/mol. The van der Waals surface area contributed by atoms with Gasteiger partial charge in [-0.1, -0.05) is 18.9 Å². The molecule has 0 bridgehead atoms. The van der Waals surface area contributed by atoms with Gasteiger partial charge in [-0.25, -0.2) is 0 Å². The van der Waals surface area contributed by atoms with Crippen molar-refractivity contribution in [3.63, 3.8) is 0 Å². The Hall–Kier alpha value is -0.870. The van der Waals surface area contributed by atoms with Crippen LogP contribution in [0, 0.1) is 0 Å². The third-order valence-corrected chi connectivity index (χ3v) is 5.15. The van der Waals surface area contributed by atoms with Crippen LogP contribution in [0.25, 0.3) is 0 Å². The molecule has 1 aromatic rings. The Labute approximate surface area is 119 Å². The molecule has 1 fully saturated rings. The summed E-state index contributed by atoms with van der Waals surface area (Å²) in [5.74, 6) is 2.57. The Morgan fingerprint density at radius 2 is 2.00 bits per heavy atom. The van der Waals surface area contributed by atoms with Gasteiger partial charge >= 0.3 is 0 Å². The van der Waals surface area contributed by atoms with Crippen molar-refractivity contribution in [2.75, 3.05) is 20.0 Å². The minimum Gasteiger partial charge on any atom is -0.497 e. The average Bonchev–Trinajstić information content (AvgIpc) is 2.97. The van der Waals surface area contributed by atoms with Crippen molar-refractivity contribution < 1.29 is 9.47 Å². The lowest BCUT2D eigenvalue weighted by Crippen LogP contribution is -2.15. The Kier molecular flexibility index (Phi) is 5.40. The lowest BCUT2D eigenvalue weighted by Gasteiger charge is -2.18. The van der Waals surface area contributed by atoms with E-state index >= 15 is 0 Å². The molecule has 19 heavy (non-hydrogen) atoms. The number of hydrogen-bond donors (Lipinski definition) is 1. The number of methoxy groups -OCH3 is 2. The summed E-state index contributed by atoms with van der Waals surface area (Å²) in [6, 6.07) is 5.87. The lowest BCUT2D eigenvalue weighted by molar-refractivity contribution is 0.389. The van der Waals surface area contributed by atoms with Crippen molar-refractivity contribution in [2.45, 2.75) is 37.0 Å². The van der Waals surface area contributed by atoms with Gasteiger partial charge in [-0.15, -0.1) is 0 Å². The predicted octanol–water partition coefficient (Wildman–Crippen LogP) is 3.38. The van der Waals surface area contributed by atoms with Crippen LogP contribution in [0.4, 0.5) is 0 Å². The molecule has 106 valence electrons. The number of benzene rings is 1. The molecular formula is C15H23NO2S. The molecule has 0 radical (unpaired) electrons. The highest BCUT2D eigenvalue weighted by Gasteiger charge is 2.19. The number of nitrogens with two attached hydrogens (primary N) is 1. The molecule has 2 rings (SSSR count). The van der Waals surface area contributed by atoms with Gasteiger partial charge in [-0.05, 0) is 18.9 Å². The molecular weight excluding hydrogens is 258 g/mol. The summed E-state index contributed by atoms with van der Waals surface area (Å²) in [5, 5.41) is 0.801. The van der Waals surface area contributed by atoms with Gasteiger partial charge in [0.05, 0.1) is 14.2 Å². The van der Waals surface area contributed by atoms with Gasteiger partial charge in [-0.2, -0.15) is 11.8 Å². The monoisotopic (exact) mass is 281 g/mol. The molecule has 0 amide bonds. The van der Waals surface area contributed by atoms with E-state index in [0.717, 1.165) is 28.1 Å². The summed E-state index contributed by atoms with van der Waals surface area (Å²) in [6.45, 7) is 0. The standard InChI is InChI=1S/C15H23NO2S/c1-17-11-7-8-13(15(9-11)18-2)14(16)10-19-12-5-3-4-6-12/h7-9,12,14H,3-6,10,16H2,1-2H3. The van der Waals surface area contributed by atoms with Crippen LogP contribution in [0.15, 0.2) is 18.2 Å². The van der Waals surface area contributed by atoms with E-state index in [9.17, 15) is 0 Å². The van der Waals surface area contributed by atoms with E-state index < -0.39 is 0 Å². The van der Waals surface area contributed by atoms with Crippen molar-refractivity contribution in [3.05, 3.63) is 23.8 Å². The molecule has 2 N–H and O–H groups in total. The first-order valence-electron chi connectivity index (χ1n) is 6.83. The molecule has 1 aliphatic carbocycles. The van der Waals surface area contributed by atoms with Crippen LogP contribution in [0.1, 0.15) is 37.3 Å². The highest BCUT2D eigenvalue weighted by molar-refractivity contribution is 7.99. The van der Waals surface area contributed by atoms with Crippen LogP contribution in [0.2, 0.25) is 0 Å². The normalized spacial score (nSPS) is 17.4. The topological polar surface area (TPSA) is 44.5 Å². The fourth-order valence-electron chi connectivity index (χ4n) is 2.51. The molecule has 0 spiro atoms. The van der Waals surface area contributed by atoms with Crippen LogP contribution < -0.4 is 15.2 Å². The Bertz CT molecular complexity index is 405. The summed E-state index contributed by atoms with van der Waals surface area (Å²) in [7, 11) is 3.33. The summed E-state index contributed by atoms with van der Waals surface area (Å²) in [6.07, 6.45) is 5.44. The number of hydrogen-bond acceptors (Lipinski definition) is 4. The zero-order valence-electron chi connectivity index (χ0n) is 11.7. The van der Waals surface area contributed by atoms with E-state index in [1.807, 2.05) is 30.0 Å². The van der Waals surface area contributed by atoms with Crippen molar-refractivity contribution in [1.82, 2.24) is 0 Å². The van der Waals surface area contributed by atoms with E-state index in [1.165, 1.54) is 25.7 Å². The first-order valence-corrected chi connectivity index (χ1v) is 7.88. The average molecular weight is 281 g/mol. The van der Waals surface area contributed by atoms with Gasteiger partial charge in [0, 0.05) is 28.7 Å². The molecule has 0 aliphatic heterocycles. The van der Waals surface area contributed by atoms with Crippen LogP contribution in [0.5, 0.6) is 11.5 Å². The van der Waals surface area contributed by atoms with Crippen LogP contribution in [-0.4, -0.2) is 25.2 Å². The Morgan fingerprint density at radius 3 is 2.63 bits per heavy atom. The molecule has 1 saturated carbocycles.